The molecule has 0 aliphatic heterocycles. The quantitative estimate of drug-likeness (QED) is 0.773. The van der Waals surface area contributed by atoms with Gasteiger partial charge < -0.3 is 5.73 Å². The van der Waals surface area contributed by atoms with Crippen LogP contribution in [-0.2, 0) is 30.0 Å². The molecule has 0 fully saturated rings. The number of nitrogens with zero attached hydrogens (tertiary/aromatic N) is 3. The van der Waals surface area contributed by atoms with Gasteiger partial charge in [0.05, 0.1) is 4.90 Å². The normalized spacial score (nSPS) is 11.9. The van der Waals surface area contributed by atoms with E-state index in [0.717, 1.165) is 0 Å². The lowest BCUT2D eigenvalue weighted by atomic mass is 10.4. The second kappa shape index (κ2) is 5.78. The number of nitrogens with two attached hydrogens (primary N) is 1. The second-order valence-electron chi connectivity index (χ2n) is 3.89. The third kappa shape index (κ3) is 3.38. The van der Waals surface area contributed by atoms with Crippen LogP contribution in [0.3, 0.4) is 0 Å². The third-order valence-electron chi connectivity index (χ3n) is 2.47. The van der Waals surface area contributed by atoms with E-state index >= 15 is 0 Å². The van der Waals surface area contributed by atoms with E-state index in [2.05, 4.69) is 14.8 Å². The van der Waals surface area contributed by atoms with Crippen molar-refractivity contribution in [2.75, 3.05) is 6.54 Å². The van der Waals surface area contributed by atoms with E-state index in [-0.39, 0.29) is 18.0 Å². The highest BCUT2D eigenvalue weighted by Crippen LogP contribution is 2.20. The van der Waals surface area contributed by atoms with Crippen molar-refractivity contribution in [2.24, 2.45) is 12.8 Å². The average molecular weight is 301 g/mol. The van der Waals surface area contributed by atoms with E-state index in [0.29, 0.717) is 17.1 Å². The average Bonchev–Trinajstić information content (AvgIpc) is 2.97. The SMILES string of the molecule is Cn1cnc(CCNS(=O)(=O)c2ccsc2CN)n1. The van der Waals surface area contributed by atoms with Crippen LogP contribution in [0.2, 0.25) is 0 Å². The molecular formula is C10H15N5O2S2. The molecule has 0 aromatic carbocycles. The van der Waals surface area contributed by atoms with Crippen LogP contribution in [0.25, 0.3) is 0 Å². The van der Waals surface area contributed by atoms with Crippen LogP contribution in [0.5, 0.6) is 0 Å². The Morgan fingerprint density at radius 2 is 2.32 bits per heavy atom. The summed E-state index contributed by atoms with van der Waals surface area (Å²) in [6.45, 7) is 0.474. The Balaban J connectivity index is 1.98. The minimum atomic E-state index is -3.50. The number of sulfonamides is 1. The summed E-state index contributed by atoms with van der Waals surface area (Å²) in [7, 11) is -1.74. The molecule has 2 rings (SSSR count). The standard InChI is InChI=1S/C10H15N5O2S2/c1-15-7-12-10(14-15)2-4-13-19(16,17)9-3-5-18-8(9)6-11/h3,5,7,13H,2,4,6,11H2,1H3. The van der Waals surface area contributed by atoms with Gasteiger partial charge in [0.1, 0.15) is 6.33 Å². The Bertz CT molecular complexity index is 646. The second-order valence-corrected chi connectivity index (χ2v) is 6.63. The minimum Gasteiger partial charge on any atom is -0.326 e. The van der Waals surface area contributed by atoms with Crippen molar-refractivity contribution in [1.82, 2.24) is 19.5 Å². The van der Waals surface area contributed by atoms with Gasteiger partial charge >= 0.3 is 0 Å². The van der Waals surface area contributed by atoms with Gasteiger partial charge in [0.2, 0.25) is 10.0 Å². The molecule has 0 unspecified atom stereocenters. The molecular weight excluding hydrogens is 286 g/mol. The van der Waals surface area contributed by atoms with Crippen LogP contribution in [0.1, 0.15) is 10.7 Å². The Kier molecular flexibility index (Phi) is 4.30. The van der Waals surface area contributed by atoms with Crippen LogP contribution in [0, 0.1) is 0 Å². The molecule has 104 valence electrons. The summed E-state index contributed by atoms with van der Waals surface area (Å²) in [5, 5.41) is 5.80. The lowest BCUT2D eigenvalue weighted by molar-refractivity contribution is 0.580. The molecule has 0 bridgehead atoms. The molecule has 0 atom stereocenters. The zero-order valence-corrected chi connectivity index (χ0v) is 12.0. The topological polar surface area (TPSA) is 103 Å². The molecule has 0 aliphatic carbocycles. The number of hydrogen-bond acceptors (Lipinski definition) is 6. The monoisotopic (exact) mass is 301 g/mol. The van der Waals surface area contributed by atoms with Crippen molar-refractivity contribution in [3.05, 3.63) is 28.5 Å². The lowest BCUT2D eigenvalue weighted by Crippen LogP contribution is -2.27. The van der Waals surface area contributed by atoms with Crippen LogP contribution in [0.15, 0.2) is 22.7 Å². The van der Waals surface area contributed by atoms with Crippen molar-refractivity contribution in [1.29, 1.82) is 0 Å². The van der Waals surface area contributed by atoms with E-state index < -0.39 is 10.0 Å². The molecule has 19 heavy (non-hydrogen) atoms. The van der Waals surface area contributed by atoms with Gasteiger partial charge in [-0.25, -0.2) is 18.1 Å². The number of aryl methyl sites for hydroxylation is 1. The van der Waals surface area contributed by atoms with Crippen molar-refractivity contribution < 1.29 is 8.42 Å². The van der Waals surface area contributed by atoms with E-state index in [1.54, 1.807) is 29.5 Å². The predicted octanol–water partition coefficient (Wildman–Crippen LogP) is -0.144. The van der Waals surface area contributed by atoms with Gasteiger partial charge in [-0.2, -0.15) is 5.10 Å². The number of hydrogen-bond donors (Lipinski definition) is 2. The first-order chi connectivity index (χ1) is 9.03. The van der Waals surface area contributed by atoms with Crippen LogP contribution >= 0.6 is 11.3 Å². The van der Waals surface area contributed by atoms with Crippen LogP contribution < -0.4 is 10.5 Å². The molecule has 0 radical (unpaired) electrons. The van der Waals surface area contributed by atoms with Gasteiger partial charge in [-0.1, -0.05) is 0 Å². The number of rotatable bonds is 6. The molecule has 0 saturated carbocycles. The van der Waals surface area contributed by atoms with Gasteiger partial charge in [0, 0.05) is 31.4 Å². The van der Waals surface area contributed by atoms with E-state index in [1.807, 2.05) is 0 Å². The zero-order valence-electron chi connectivity index (χ0n) is 10.4. The first-order valence-corrected chi connectivity index (χ1v) is 8.00. The van der Waals surface area contributed by atoms with Gasteiger partial charge in [-0.3, -0.25) is 4.68 Å². The maximum atomic E-state index is 12.1. The third-order valence-corrected chi connectivity index (χ3v) is 5.09. The molecule has 3 N–H and O–H groups in total. The summed E-state index contributed by atoms with van der Waals surface area (Å²) in [5.41, 5.74) is 5.51. The van der Waals surface area contributed by atoms with E-state index in [4.69, 9.17) is 5.73 Å². The molecule has 0 spiro atoms. The van der Waals surface area contributed by atoms with Gasteiger partial charge in [-0.05, 0) is 11.4 Å². The summed E-state index contributed by atoms with van der Waals surface area (Å²) in [5.74, 6) is 0.606. The number of nitrogens with one attached hydrogen (secondary N) is 1. The fourth-order valence-corrected chi connectivity index (χ4v) is 3.96. The molecule has 0 saturated heterocycles. The Hall–Kier alpha value is -1.29. The smallest absolute Gasteiger partial charge is 0.241 e. The highest BCUT2D eigenvalue weighted by molar-refractivity contribution is 7.89. The maximum absolute atomic E-state index is 12.1. The summed E-state index contributed by atoms with van der Waals surface area (Å²) in [4.78, 5) is 4.95. The van der Waals surface area contributed by atoms with Crippen molar-refractivity contribution >= 4 is 21.4 Å². The van der Waals surface area contributed by atoms with Crippen molar-refractivity contribution in [3.8, 4) is 0 Å². The van der Waals surface area contributed by atoms with Gasteiger partial charge in [-0.15, -0.1) is 11.3 Å². The van der Waals surface area contributed by atoms with Crippen molar-refractivity contribution in [2.45, 2.75) is 17.9 Å². The largest absolute Gasteiger partial charge is 0.326 e. The van der Waals surface area contributed by atoms with Crippen LogP contribution in [0.4, 0.5) is 0 Å². The number of aromatic nitrogens is 3. The van der Waals surface area contributed by atoms with Gasteiger partial charge in [0.25, 0.3) is 0 Å². The van der Waals surface area contributed by atoms with E-state index in [9.17, 15) is 8.42 Å². The fraction of sp³-hybridized carbons (Fsp3) is 0.400. The molecule has 0 aliphatic rings. The van der Waals surface area contributed by atoms with Crippen LogP contribution in [-0.4, -0.2) is 29.7 Å². The molecule has 0 amide bonds. The molecule has 2 aromatic rings. The minimum absolute atomic E-state index is 0.218. The highest BCUT2D eigenvalue weighted by atomic mass is 32.2. The van der Waals surface area contributed by atoms with E-state index in [1.165, 1.54) is 11.3 Å². The first-order valence-electron chi connectivity index (χ1n) is 5.63. The highest BCUT2D eigenvalue weighted by Gasteiger charge is 2.18. The Morgan fingerprint density at radius 3 is 2.95 bits per heavy atom. The first kappa shape index (κ1) is 14.1. The summed E-state index contributed by atoms with van der Waals surface area (Å²) < 4.78 is 28.2. The zero-order chi connectivity index (χ0) is 13.9. The molecule has 2 heterocycles. The maximum Gasteiger partial charge on any atom is 0.241 e. The van der Waals surface area contributed by atoms with Gasteiger partial charge in [0.15, 0.2) is 5.82 Å². The fourth-order valence-electron chi connectivity index (χ4n) is 1.59. The molecule has 9 heteroatoms. The summed E-state index contributed by atoms with van der Waals surface area (Å²) in [6.07, 6.45) is 2.03. The lowest BCUT2D eigenvalue weighted by Gasteiger charge is -2.05. The summed E-state index contributed by atoms with van der Waals surface area (Å²) in [6, 6.07) is 1.56. The molecule has 2 aromatic heterocycles. The predicted molar refractivity (Wildman–Crippen MR) is 72.1 cm³/mol. The Labute approximate surface area is 115 Å². The summed E-state index contributed by atoms with van der Waals surface area (Å²) >= 11 is 1.34. The molecule has 7 nitrogen and oxygen atoms in total. The van der Waals surface area contributed by atoms with Crippen molar-refractivity contribution in [3.63, 3.8) is 0 Å². The Morgan fingerprint density at radius 1 is 1.53 bits per heavy atom. The number of thiophene rings is 1.